The molecule has 0 spiro atoms. The number of hydrogen-bond acceptors (Lipinski definition) is 2. The van der Waals surface area contributed by atoms with Crippen molar-refractivity contribution in [1.29, 1.82) is 0 Å². The molecule has 0 radical (unpaired) electrons. The number of hydrogen-bond donors (Lipinski definition) is 2. The van der Waals surface area contributed by atoms with Crippen LogP contribution in [0.1, 0.15) is 24.0 Å². The fourth-order valence-corrected chi connectivity index (χ4v) is 3.41. The Labute approximate surface area is 147 Å². The summed E-state index contributed by atoms with van der Waals surface area (Å²) in [6.07, 6.45) is 4.76. The molecule has 5 heteroatoms. The lowest BCUT2D eigenvalue weighted by atomic mass is 9.90. The summed E-state index contributed by atoms with van der Waals surface area (Å²) in [5.74, 6) is 0.647. The molecule has 0 amide bonds. The summed E-state index contributed by atoms with van der Waals surface area (Å²) >= 11 is 11.6. The van der Waals surface area contributed by atoms with Gasteiger partial charge >= 0.3 is 0 Å². The van der Waals surface area contributed by atoms with Crippen molar-refractivity contribution in [3.63, 3.8) is 0 Å². The highest BCUT2D eigenvalue weighted by Gasteiger charge is 2.13. The molecule has 3 nitrogen and oxygen atoms in total. The van der Waals surface area contributed by atoms with Crippen LogP contribution in [0.3, 0.4) is 0 Å². The van der Waals surface area contributed by atoms with Gasteiger partial charge in [-0.05, 0) is 73.3 Å². The Morgan fingerprint density at radius 2 is 1.96 bits per heavy atom. The Balaban J connectivity index is 1.71. The van der Waals surface area contributed by atoms with E-state index in [-0.39, 0.29) is 0 Å². The number of methoxy groups -OCH3 is 1. The van der Waals surface area contributed by atoms with Crippen LogP contribution in [-0.4, -0.2) is 12.2 Å². The van der Waals surface area contributed by atoms with Crippen LogP contribution < -0.4 is 15.4 Å². The van der Waals surface area contributed by atoms with Gasteiger partial charge in [0.1, 0.15) is 5.75 Å². The first-order valence-electron chi connectivity index (χ1n) is 7.69. The molecule has 120 valence electrons. The van der Waals surface area contributed by atoms with Gasteiger partial charge in [0.05, 0.1) is 12.1 Å². The highest BCUT2D eigenvalue weighted by molar-refractivity contribution is 7.80. The van der Waals surface area contributed by atoms with Crippen molar-refractivity contribution in [2.75, 3.05) is 17.7 Å². The van der Waals surface area contributed by atoms with Crippen LogP contribution in [0, 0.1) is 0 Å². The average Bonchev–Trinajstić information content (AvgIpc) is 2.55. The topological polar surface area (TPSA) is 33.3 Å². The van der Waals surface area contributed by atoms with E-state index in [4.69, 9.17) is 28.6 Å². The van der Waals surface area contributed by atoms with Crippen molar-refractivity contribution in [2.24, 2.45) is 0 Å². The minimum Gasteiger partial charge on any atom is -0.495 e. The highest BCUT2D eigenvalue weighted by Crippen LogP contribution is 2.29. The molecule has 1 aliphatic rings. The van der Waals surface area contributed by atoms with Gasteiger partial charge in [0.15, 0.2) is 5.11 Å². The van der Waals surface area contributed by atoms with Crippen LogP contribution in [0.25, 0.3) is 0 Å². The molecule has 0 bridgehead atoms. The van der Waals surface area contributed by atoms with E-state index in [9.17, 15) is 0 Å². The predicted octanol–water partition coefficient (Wildman–Crippen LogP) is 5.04. The second-order valence-corrected chi connectivity index (χ2v) is 6.39. The van der Waals surface area contributed by atoms with Gasteiger partial charge in [-0.15, -0.1) is 0 Å². The van der Waals surface area contributed by atoms with Gasteiger partial charge in [-0.3, -0.25) is 0 Å². The molecular weight excluding hydrogens is 328 g/mol. The number of rotatable bonds is 3. The third-order valence-electron chi connectivity index (χ3n) is 4.05. The van der Waals surface area contributed by atoms with Gasteiger partial charge in [-0.2, -0.15) is 0 Å². The van der Waals surface area contributed by atoms with E-state index >= 15 is 0 Å². The molecule has 2 N–H and O–H groups in total. The van der Waals surface area contributed by atoms with Crippen LogP contribution in [-0.2, 0) is 12.8 Å². The minimum atomic E-state index is 0.553. The third-order valence-corrected chi connectivity index (χ3v) is 4.55. The Morgan fingerprint density at radius 1 is 1.13 bits per heavy atom. The van der Waals surface area contributed by atoms with Gasteiger partial charge in [-0.25, -0.2) is 0 Å². The minimum absolute atomic E-state index is 0.553. The van der Waals surface area contributed by atoms with E-state index in [0.717, 1.165) is 24.2 Å². The monoisotopic (exact) mass is 346 g/mol. The summed E-state index contributed by atoms with van der Waals surface area (Å²) in [6.45, 7) is 0. The fraction of sp³-hybridized carbons (Fsp3) is 0.278. The first kappa shape index (κ1) is 16.1. The Bertz CT molecular complexity index is 733. The largest absolute Gasteiger partial charge is 0.495 e. The maximum atomic E-state index is 6.14. The lowest BCUT2D eigenvalue weighted by Gasteiger charge is -2.20. The number of halogens is 1. The van der Waals surface area contributed by atoms with Crippen molar-refractivity contribution >= 4 is 40.3 Å². The van der Waals surface area contributed by atoms with E-state index in [1.165, 1.54) is 24.0 Å². The summed E-state index contributed by atoms with van der Waals surface area (Å²) in [6, 6.07) is 11.9. The zero-order valence-corrected chi connectivity index (χ0v) is 14.6. The molecule has 2 aromatic rings. The number of aryl methyl sites for hydroxylation is 1. The van der Waals surface area contributed by atoms with Gasteiger partial charge in [-0.1, -0.05) is 23.7 Å². The van der Waals surface area contributed by atoms with Crippen LogP contribution in [0.4, 0.5) is 11.4 Å². The molecule has 0 saturated heterocycles. The molecule has 3 rings (SSSR count). The van der Waals surface area contributed by atoms with Crippen molar-refractivity contribution in [3.8, 4) is 5.75 Å². The van der Waals surface area contributed by atoms with Gasteiger partial charge in [0, 0.05) is 11.4 Å². The summed E-state index contributed by atoms with van der Waals surface area (Å²) in [4.78, 5) is 0. The third kappa shape index (κ3) is 3.77. The summed E-state index contributed by atoms with van der Waals surface area (Å²) in [7, 11) is 1.60. The van der Waals surface area contributed by atoms with E-state index in [1.807, 2.05) is 12.1 Å². The molecular formula is C18H19ClN2OS. The molecule has 2 aromatic carbocycles. The normalized spacial score (nSPS) is 13.1. The molecule has 0 fully saturated rings. The zero-order chi connectivity index (χ0) is 16.2. The molecule has 0 aliphatic heterocycles. The quantitative estimate of drug-likeness (QED) is 0.763. The number of benzene rings is 2. The molecule has 23 heavy (non-hydrogen) atoms. The standard InChI is InChI=1S/C18H19ClN2OS/c1-22-17-10-9-13(11-15(17)19)20-18(23)21-16-8-4-6-12-5-2-3-7-14(12)16/h4,6,8-11H,2-3,5,7H2,1H3,(H2,20,21,23). The van der Waals surface area contributed by atoms with Crippen molar-refractivity contribution in [1.82, 2.24) is 0 Å². The SMILES string of the molecule is COc1ccc(NC(=S)Nc2cccc3c2CCCC3)cc1Cl. The smallest absolute Gasteiger partial charge is 0.175 e. The first-order valence-corrected chi connectivity index (χ1v) is 8.48. The van der Waals surface area contributed by atoms with Gasteiger partial charge in [0.2, 0.25) is 0 Å². The first-order chi connectivity index (χ1) is 11.2. The number of nitrogens with one attached hydrogen (secondary N) is 2. The lowest BCUT2D eigenvalue weighted by molar-refractivity contribution is 0.415. The van der Waals surface area contributed by atoms with Crippen LogP contribution in [0.2, 0.25) is 5.02 Å². The Kier molecular flexibility index (Phi) is 5.03. The van der Waals surface area contributed by atoms with E-state index < -0.39 is 0 Å². The highest BCUT2D eigenvalue weighted by atomic mass is 35.5. The lowest BCUT2D eigenvalue weighted by Crippen LogP contribution is -2.20. The molecule has 0 saturated carbocycles. The summed E-state index contributed by atoms with van der Waals surface area (Å²) in [5.41, 5.74) is 4.74. The van der Waals surface area contributed by atoms with Gasteiger partial charge in [0.25, 0.3) is 0 Å². The Morgan fingerprint density at radius 3 is 2.74 bits per heavy atom. The zero-order valence-electron chi connectivity index (χ0n) is 13.0. The molecule has 0 heterocycles. The molecule has 1 aliphatic carbocycles. The maximum Gasteiger partial charge on any atom is 0.175 e. The Hall–Kier alpha value is -1.78. The second-order valence-electron chi connectivity index (χ2n) is 5.58. The fourth-order valence-electron chi connectivity index (χ4n) is 2.93. The van der Waals surface area contributed by atoms with E-state index in [1.54, 1.807) is 13.2 Å². The number of thiocarbonyl (C=S) groups is 1. The van der Waals surface area contributed by atoms with Gasteiger partial charge < -0.3 is 15.4 Å². The summed E-state index contributed by atoms with van der Waals surface area (Å²) in [5, 5.41) is 7.60. The number of fused-ring (bicyclic) bond motifs is 1. The molecule has 0 unspecified atom stereocenters. The van der Waals surface area contributed by atoms with Crippen molar-refractivity contribution in [3.05, 3.63) is 52.5 Å². The van der Waals surface area contributed by atoms with E-state index in [2.05, 4.69) is 28.8 Å². The van der Waals surface area contributed by atoms with Crippen LogP contribution in [0.15, 0.2) is 36.4 Å². The van der Waals surface area contributed by atoms with Crippen LogP contribution in [0.5, 0.6) is 5.75 Å². The predicted molar refractivity (Wildman–Crippen MR) is 101 cm³/mol. The molecule has 0 atom stereocenters. The average molecular weight is 347 g/mol. The second kappa shape index (κ2) is 7.20. The van der Waals surface area contributed by atoms with Crippen molar-refractivity contribution < 1.29 is 4.74 Å². The van der Waals surface area contributed by atoms with Crippen LogP contribution >= 0.6 is 23.8 Å². The van der Waals surface area contributed by atoms with Crippen molar-refractivity contribution in [2.45, 2.75) is 25.7 Å². The number of ether oxygens (including phenoxy) is 1. The molecule has 0 aromatic heterocycles. The maximum absolute atomic E-state index is 6.14. The van der Waals surface area contributed by atoms with E-state index in [0.29, 0.717) is 15.9 Å². The summed E-state index contributed by atoms with van der Waals surface area (Å²) < 4.78 is 5.15. The number of anilines is 2.